The third-order valence-corrected chi connectivity index (χ3v) is 4.66. The molecule has 0 bridgehead atoms. The van der Waals surface area contributed by atoms with Crippen molar-refractivity contribution in [2.45, 2.75) is 38.6 Å². The van der Waals surface area contributed by atoms with Crippen molar-refractivity contribution in [2.24, 2.45) is 11.7 Å². The number of halogens is 1. The summed E-state index contributed by atoms with van der Waals surface area (Å²) < 4.78 is 0.965. The SMILES string of the molecule is CC1CCC(N(C)c2ccc(Br)cc2C(=N)N)CC1. The number of anilines is 1. The first-order valence-electron chi connectivity index (χ1n) is 6.86. The third-order valence-electron chi connectivity index (χ3n) is 4.16. The van der Waals surface area contributed by atoms with Gasteiger partial charge in [-0.2, -0.15) is 0 Å². The van der Waals surface area contributed by atoms with Gasteiger partial charge in [0.1, 0.15) is 5.84 Å². The molecule has 0 spiro atoms. The highest BCUT2D eigenvalue weighted by Crippen LogP contribution is 2.31. The Labute approximate surface area is 123 Å². The lowest BCUT2D eigenvalue weighted by atomic mass is 9.86. The van der Waals surface area contributed by atoms with Gasteiger partial charge in [0.2, 0.25) is 0 Å². The summed E-state index contributed by atoms with van der Waals surface area (Å²) in [4.78, 5) is 2.30. The fourth-order valence-electron chi connectivity index (χ4n) is 2.86. The van der Waals surface area contributed by atoms with Gasteiger partial charge in [-0.25, -0.2) is 0 Å². The summed E-state index contributed by atoms with van der Waals surface area (Å²) >= 11 is 3.45. The van der Waals surface area contributed by atoms with Crippen LogP contribution in [0, 0.1) is 11.3 Å². The summed E-state index contributed by atoms with van der Waals surface area (Å²) in [5.41, 5.74) is 7.59. The van der Waals surface area contributed by atoms with Gasteiger partial charge in [0.15, 0.2) is 0 Å². The maximum absolute atomic E-state index is 7.74. The number of rotatable bonds is 3. The number of hydrogen-bond donors (Lipinski definition) is 2. The quantitative estimate of drug-likeness (QED) is 0.657. The fraction of sp³-hybridized carbons (Fsp3) is 0.533. The fourth-order valence-corrected chi connectivity index (χ4v) is 3.22. The minimum absolute atomic E-state index is 0.132. The molecule has 4 heteroatoms. The van der Waals surface area contributed by atoms with E-state index in [2.05, 4.69) is 40.9 Å². The average molecular weight is 324 g/mol. The van der Waals surface area contributed by atoms with Crippen molar-refractivity contribution in [2.75, 3.05) is 11.9 Å². The Kier molecular flexibility index (Phi) is 4.50. The maximum Gasteiger partial charge on any atom is 0.124 e. The molecule has 3 nitrogen and oxygen atoms in total. The van der Waals surface area contributed by atoms with Crippen LogP contribution < -0.4 is 10.6 Å². The first kappa shape index (κ1) is 14.4. The normalized spacial score (nSPS) is 23.1. The van der Waals surface area contributed by atoms with E-state index in [1.165, 1.54) is 25.7 Å². The smallest absolute Gasteiger partial charge is 0.124 e. The molecule has 0 unspecified atom stereocenters. The van der Waals surface area contributed by atoms with Crippen LogP contribution in [0.25, 0.3) is 0 Å². The van der Waals surface area contributed by atoms with Crippen molar-refractivity contribution >= 4 is 27.5 Å². The van der Waals surface area contributed by atoms with Crippen molar-refractivity contribution in [1.82, 2.24) is 0 Å². The molecule has 0 atom stereocenters. The van der Waals surface area contributed by atoms with Gasteiger partial charge in [-0.05, 0) is 49.8 Å². The number of amidine groups is 1. The van der Waals surface area contributed by atoms with Crippen LogP contribution in [-0.4, -0.2) is 18.9 Å². The highest BCUT2D eigenvalue weighted by Gasteiger charge is 2.23. The summed E-state index contributed by atoms with van der Waals surface area (Å²) in [6.07, 6.45) is 5.04. The second-order valence-corrected chi connectivity index (χ2v) is 6.52. The van der Waals surface area contributed by atoms with Crippen LogP contribution >= 0.6 is 15.9 Å². The van der Waals surface area contributed by atoms with Crippen LogP contribution in [-0.2, 0) is 0 Å². The van der Waals surface area contributed by atoms with E-state index in [0.717, 1.165) is 21.6 Å². The Balaban J connectivity index is 2.23. The van der Waals surface area contributed by atoms with E-state index in [4.69, 9.17) is 11.1 Å². The predicted molar refractivity (Wildman–Crippen MR) is 85.0 cm³/mol. The van der Waals surface area contributed by atoms with Gasteiger partial charge in [-0.15, -0.1) is 0 Å². The first-order valence-corrected chi connectivity index (χ1v) is 7.65. The first-order chi connectivity index (χ1) is 8.99. The van der Waals surface area contributed by atoms with Crippen molar-refractivity contribution in [3.05, 3.63) is 28.2 Å². The minimum atomic E-state index is 0.132. The number of nitrogens with one attached hydrogen (secondary N) is 1. The molecule has 1 fully saturated rings. The molecule has 0 amide bonds. The number of benzene rings is 1. The summed E-state index contributed by atoms with van der Waals surface area (Å²) in [5, 5.41) is 7.74. The molecule has 1 aliphatic rings. The van der Waals surface area contributed by atoms with E-state index >= 15 is 0 Å². The standard InChI is InChI=1S/C15H22BrN3/c1-10-3-6-12(7-4-10)19(2)14-8-5-11(16)9-13(14)15(17)18/h5,8-10,12H,3-4,6-7H2,1-2H3,(H3,17,18). The number of nitrogen functional groups attached to an aromatic ring is 1. The molecule has 1 saturated carbocycles. The zero-order valence-electron chi connectivity index (χ0n) is 11.6. The summed E-state index contributed by atoms with van der Waals surface area (Å²) in [5.74, 6) is 0.981. The van der Waals surface area contributed by atoms with Crippen molar-refractivity contribution in [1.29, 1.82) is 5.41 Å². The molecule has 1 aromatic rings. The Bertz CT molecular complexity index is 464. The molecular formula is C15H22BrN3. The molecule has 0 saturated heterocycles. The van der Waals surface area contributed by atoms with Gasteiger partial charge < -0.3 is 10.6 Å². The lowest BCUT2D eigenvalue weighted by Crippen LogP contribution is -2.36. The number of nitrogens with two attached hydrogens (primary N) is 1. The van der Waals surface area contributed by atoms with Crippen LogP contribution in [0.5, 0.6) is 0 Å². The van der Waals surface area contributed by atoms with E-state index < -0.39 is 0 Å². The van der Waals surface area contributed by atoms with Gasteiger partial charge in [-0.3, -0.25) is 5.41 Å². The summed E-state index contributed by atoms with van der Waals surface area (Å²) in [6, 6.07) is 6.57. The molecule has 0 aliphatic heterocycles. The van der Waals surface area contributed by atoms with Gasteiger partial charge in [0, 0.05) is 28.8 Å². The summed E-state index contributed by atoms with van der Waals surface area (Å²) in [7, 11) is 2.12. The van der Waals surface area contributed by atoms with Crippen LogP contribution in [0.1, 0.15) is 38.2 Å². The molecule has 104 valence electrons. The Morgan fingerprint density at radius 1 is 1.32 bits per heavy atom. The van der Waals surface area contributed by atoms with Crippen molar-refractivity contribution < 1.29 is 0 Å². The van der Waals surface area contributed by atoms with Gasteiger partial charge in [-0.1, -0.05) is 22.9 Å². The molecule has 2 rings (SSSR count). The number of nitrogens with zero attached hydrogens (tertiary/aromatic N) is 1. The summed E-state index contributed by atoms with van der Waals surface area (Å²) in [6.45, 7) is 2.33. The lowest BCUT2D eigenvalue weighted by Gasteiger charge is -2.36. The van der Waals surface area contributed by atoms with E-state index in [1.54, 1.807) is 0 Å². The van der Waals surface area contributed by atoms with Crippen molar-refractivity contribution in [3.63, 3.8) is 0 Å². The predicted octanol–water partition coefficient (Wildman–Crippen LogP) is 3.75. The highest BCUT2D eigenvalue weighted by atomic mass is 79.9. The van der Waals surface area contributed by atoms with Crippen LogP contribution in [0.15, 0.2) is 22.7 Å². The zero-order valence-corrected chi connectivity index (χ0v) is 13.2. The monoisotopic (exact) mass is 323 g/mol. The maximum atomic E-state index is 7.74. The zero-order chi connectivity index (χ0) is 14.0. The number of hydrogen-bond acceptors (Lipinski definition) is 2. The minimum Gasteiger partial charge on any atom is -0.384 e. The molecular weight excluding hydrogens is 302 g/mol. The van der Waals surface area contributed by atoms with Gasteiger partial charge >= 0.3 is 0 Å². The van der Waals surface area contributed by atoms with Crippen molar-refractivity contribution in [3.8, 4) is 0 Å². The second kappa shape index (κ2) is 5.95. The van der Waals surface area contributed by atoms with Crippen LogP contribution in [0.2, 0.25) is 0 Å². The van der Waals surface area contributed by atoms with Crippen LogP contribution in [0.3, 0.4) is 0 Å². The molecule has 1 aliphatic carbocycles. The molecule has 0 radical (unpaired) electrons. The van der Waals surface area contributed by atoms with Crippen LogP contribution in [0.4, 0.5) is 5.69 Å². The van der Waals surface area contributed by atoms with E-state index in [1.807, 2.05) is 12.1 Å². The third kappa shape index (κ3) is 3.30. The Morgan fingerprint density at radius 3 is 2.53 bits per heavy atom. The van der Waals surface area contributed by atoms with Gasteiger partial charge in [0.25, 0.3) is 0 Å². The molecule has 0 aromatic heterocycles. The molecule has 0 heterocycles. The average Bonchev–Trinajstić information content (AvgIpc) is 2.38. The molecule has 1 aromatic carbocycles. The Hall–Kier alpha value is -1.03. The lowest BCUT2D eigenvalue weighted by molar-refractivity contribution is 0.340. The molecule has 19 heavy (non-hydrogen) atoms. The largest absolute Gasteiger partial charge is 0.384 e. The molecule has 3 N–H and O–H groups in total. The van der Waals surface area contributed by atoms with E-state index in [-0.39, 0.29) is 5.84 Å². The second-order valence-electron chi connectivity index (χ2n) is 5.60. The van der Waals surface area contributed by atoms with E-state index in [9.17, 15) is 0 Å². The van der Waals surface area contributed by atoms with E-state index in [0.29, 0.717) is 6.04 Å². The van der Waals surface area contributed by atoms with Gasteiger partial charge in [0.05, 0.1) is 0 Å². The Morgan fingerprint density at radius 2 is 1.95 bits per heavy atom. The highest BCUT2D eigenvalue weighted by molar-refractivity contribution is 9.10. The topological polar surface area (TPSA) is 53.1 Å².